The van der Waals surface area contributed by atoms with Crippen LogP contribution >= 0.6 is 11.8 Å². The van der Waals surface area contributed by atoms with E-state index in [1.807, 2.05) is 49.5 Å². The van der Waals surface area contributed by atoms with Crippen molar-refractivity contribution in [2.45, 2.75) is 10.8 Å². The molecular weight excluding hydrogens is 222 g/mol. The van der Waals surface area contributed by atoms with Crippen molar-refractivity contribution < 1.29 is 9.90 Å². The summed E-state index contributed by atoms with van der Waals surface area (Å²) in [5, 5.41) is 9.17. The largest absolute Gasteiger partial charge is 0.481 e. The number of thioether (sulfide) groups is 1. The van der Waals surface area contributed by atoms with E-state index in [-0.39, 0.29) is 0 Å². The third-order valence-electron chi connectivity index (χ3n) is 2.36. The molecule has 0 heterocycles. The molecule has 0 aliphatic heterocycles. The number of carboxylic acid groups (broad SMARTS) is 1. The molecule has 0 aromatic heterocycles. The summed E-state index contributed by atoms with van der Waals surface area (Å²) in [7, 11) is 3.76. The topological polar surface area (TPSA) is 40.5 Å². The van der Waals surface area contributed by atoms with Crippen molar-refractivity contribution >= 4 is 17.7 Å². The third kappa shape index (κ3) is 3.54. The lowest BCUT2D eigenvalue weighted by molar-refractivity contribution is -0.139. The highest BCUT2D eigenvalue weighted by Gasteiger charge is 2.20. The number of aliphatic carboxylic acids is 1. The summed E-state index contributed by atoms with van der Waals surface area (Å²) in [5.74, 6) is -1.23. The number of benzene rings is 1. The molecular formula is C12H17NO2S. The van der Waals surface area contributed by atoms with E-state index in [1.165, 1.54) is 0 Å². The van der Waals surface area contributed by atoms with Crippen molar-refractivity contribution in [2.75, 3.05) is 26.9 Å². The maximum atomic E-state index is 11.2. The lowest BCUT2D eigenvalue weighted by atomic mass is 9.99. The Morgan fingerprint density at radius 1 is 1.38 bits per heavy atom. The second-order valence-corrected chi connectivity index (χ2v) is 4.81. The van der Waals surface area contributed by atoms with Gasteiger partial charge in [-0.05, 0) is 38.0 Å². The van der Waals surface area contributed by atoms with Crippen LogP contribution in [0.5, 0.6) is 0 Å². The van der Waals surface area contributed by atoms with E-state index < -0.39 is 11.9 Å². The van der Waals surface area contributed by atoms with E-state index in [4.69, 9.17) is 0 Å². The zero-order chi connectivity index (χ0) is 12.1. The zero-order valence-corrected chi connectivity index (χ0v) is 10.6. The summed E-state index contributed by atoms with van der Waals surface area (Å²) in [6.45, 7) is 0.522. The predicted octanol–water partition coefficient (Wildman–Crippen LogP) is 2.14. The molecule has 16 heavy (non-hydrogen) atoms. The van der Waals surface area contributed by atoms with Crippen molar-refractivity contribution in [3.05, 3.63) is 29.8 Å². The van der Waals surface area contributed by atoms with Gasteiger partial charge in [-0.25, -0.2) is 0 Å². The van der Waals surface area contributed by atoms with E-state index in [0.717, 1.165) is 10.5 Å². The number of hydrogen-bond acceptors (Lipinski definition) is 3. The highest BCUT2D eigenvalue weighted by atomic mass is 32.2. The van der Waals surface area contributed by atoms with Gasteiger partial charge in [-0.2, -0.15) is 0 Å². The standard InChI is InChI=1S/C12H17NO2S/c1-13(2)8-11(12(14)15)9-4-6-10(16-3)7-5-9/h4-7,11H,8H2,1-3H3,(H,14,15). The van der Waals surface area contributed by atoms with E-state index in [1.54, 1.807) is 11.8 Å². The predicted molar refractivity (Wildman–Crippen MR) is 67.2 cm³/mol. The summed E-state index contributed by atoms with van der Waals surface area (Å²) in [5.41, 5.74) is 0.860. The first-order valence-electron chi connectivity index (χ1n) is 5.06. The molecule has 1 unspecified atom stereocenters. The van der Waals surface area contributed by atoms with Crippen molar-refractivity contribution in [3.63, 3.8) is 0 Å². The average Bonchev–Trinajstić information content (AvgIpc) is 2.25. The first-order chi connectivity index (χ1) is 7.54. The molecule has 1 N–H and O–H groups in total. The van der Waals surface area contributed by atoms with Crippen LogP contribution in [0.1, 0.15) is 11.5 Å². The molecule has 1 rings (SSSR count). The van der Waals surface area contributed by atoms with E-state index >= 15 is 0 Å². The van der Waals surface area contributed by atoms with Gasteiger partial charge in [0.2, 0.25) is 0 Å². The molecule has 0 aliphatic carbocycles. The molecule has 0 spiro atoms. The minimum absolute atomic E-state index is 0.453. The van der Waals surface area contributed by atoms with Crippen molar-refractivity contribution in [2.24, 2.45) is 0 Å². The zero-order valence-electron chi connectivity index (χ0n) is 9.80. The molecule has 0 saturated carbocycles. The maximum absolute atomic E-state index is 11.2. The van der Waals surface area contributed by atoms with Crippen molar-refractivity contribution in [1.29, 1.82) is 0 Å². The summed E-state index contributed by atoms with van der Waals surface area (Å²) in [4.78, 5) is 14.2. The number of likely N-dealkylation sites (N-methyl/N-ethyl adjacent to an activating group) is 1. The molecule has 0 aliphatic rings. The van der Waals surface area contributed by atoms with Gasteiger partial charge >= 0.3 is 5.97 Å². The Morgan fingerprint density at radius 3 is 2.31 bits per heavy atom. The normalized spacial score (nSPS) is 12.8. The van der Waals surface area contributed by atoms with Crippen LogP contribution in [0.25, 0.3) is 0 Å². The van der Waals surface area contributed by atoms with Gasteiger partial charge in [0, 0.05) is 11.4 Å². The highest BCUT2D eigenvalue weighted by Crippen LogP contribution is 2.21. The molecule has 0 radical (unpaired) electrons. The van der Waals surface area contributed by atoms with Gasteiger partial charge in [-0.1, -0.05) is 12.1 Å². The second kappa shape index (κ2) is 5.92. The quantitative estimate of drug-likeness (QED) is 0.799. The Kier molecular flexibility index (Phi) is 4.83. The maximum Gasteiger partial charge on any atom is 0.312 e. The smallest absolute Gasteiger partial charge is 0.312 e. The fourth-order valence-electron chi connectivity index (χ4n) is 1.53. The molecule has 1 aromatic carbocycles. The number of carboxylic acids is 1. The van der Waals surface area contributed by atoms with Crippen LogP contribution in [0.3, 0.4) is 0 Å². The molecule has 1 aromatic rings. The van der Waals surface area contributed by atoms with Gasteiger partial charge in [0.05, 0.1) is 5.92 Å². The SMILES string of the molecule is CSc1ccc(C(CN(C)C)C(=O)O)cc1. The lowest BCUT2D eigenvalue weighted by Gasteiger charge is -2.17. The summed E-state index contributed by atoms with van der Waals surface area (Å²) in [6.07, 6.45) is 2.00. The summed E-state index contributed by atoms with van der Waals surface area (Å²) in [6, 6.07) is 7.72. The first-order valence-corrected chi connectivity index (χ1v) is 6.28. The fourth-order valence-corrected chi connectivity index (χ4v) is 1.94. The van der Waals surface area contributed by atoms with Gasteiger partial charge in [-0.15, -0.1) is 11.8 Å². The molecule has 1 atom stereocenters. The first kappa shape index (κ1) is 13.1. The molecule has 4 heteroatoms. The Balaban J connectivity index is 2.88. The van der Waals surface area contributed by atoms with Crippen LogP contribution in [-0.2, 0) is 4.79 Å². The molecule has 88 valence electrons. The highest BCUT2D eigenvalue weighted by molar-refractivity contribution is 7.98. The van der Waals surface area contributed by atoms with Gasteiger partial charge < -0.3 is 10.0 Å². The number of carbonyl (C=O) groups is 1. The molecule has 0 fully saturated rings. The fraction of sp³-hybridized carbons (Fsp3) is 0.417. The van der Waals surface area contributed by atoms with Crippen LogP contribution in [0.2, 0.25) is 0 Å². The average molecular weight is 239 g/mol. The van der Waals surface area contributed by atoms with E-state index in [0.29, 0.717) is 6.54 Å². The monoisotopic (exact) mass is 239 g/mol. The van der Waals surface area contributed by atoms with Gasteiger partial charge in [-0.3, -0.25) is 4.79 Å². The van der Waals surface area contributed by atoms with Gasteiger partial charge in [0.1, 0.15) is 0 Å². The lowest BCUT2D eigenvalue weighted by Crippen LogP contribution is -2.25. The summed E-state index contributed by atoms with van der Waals surface area (Å²) < 4.78 is 0. The Hall–Kier alpha value is -1.00. The van der Waals surface area contributed by atoms with Crippen LogP contribution in [0, 0.1) is 0 Å². The van der Waals surface area contributed by atoms with E-state index in [2.05, 4.69) is 0 Å². The van der Waals surface area contributed by atoms with Crippen LogP contribution in [-0.4, -0.2) is 42.9 Å². The summed E-state index contributed by atoms with van der Waals surface area (Å²) >= 11 is 1.65. The van der Waals surface area contributed by atoms with Gasteiger partial charge in [0.15, 0.2) is 0 Å². The van der Waals surface area contributed by atoms with Gasteiger partial charge in [0.25, 0.3) is 0 Å². The van der Waals surface area contributed by atoms with Crippen molar-refractivity contribution in [3.8, 4) is 0 Å². The molecule has 3 nitrogen and oxygen atoms in total. The minimum Gasteiger partial charge on any atom is -0.481 e. The Labute approximate surface area is 100 Å². The van der Waals surface area contributed by atoms with E-state index in [9.17, 15) is 9.90 Å². The van der Waals surface area contributed by atoms with Crippen molar-refractivity contribution in [1.82, 2.24) is 4.90 Å². The van der Waals surface area contributed by atoms with Crippen LogP contribution < -0.4 is 0 Å². The van der Waals surface area contributed by atoms with Crippen LogP contribution in [0.4, 0.5) is 0 Å². The minimum atomic E-state index is -0.773. The second-order valence-electron chi connectivity index (χ2n) is 3.93. The molecule has 0 amide bonds. The number of nitrogens with zero attached hydrogens (tertiary/aromatic N) is 1. The molecule has 0 bridgehead atoms. The third-order valence-corrected chi connectivity index (χ3v) is 3.11. The Morgan fingerprint density at radius 2 is 1.94 bits per heavy atom. The molecule has 0 saturated heterocycles. The number of hydrogen-bond donors (Lipinski definition) is 1. The van der Waals surface area contributed by atoms with Crippen LogP contribution in [0.15, 0.2) is 29.2 Å². The Bertz CT molecular complexity index is 349. The number of rotatable bonds is 5.